The van der Waals surface area contributed by atoms with Crippen LogP contribution in [-0.4, -0.2) is 37.6 Å². The number of hydrogen-bond donors (Lipinski definition) is 1. The van der Waals surface area contributed by atoms with Crippen LogP contribution in [0.5, 0.6) is 5.75 Å². The zero-order valence-electron chi connectivity index (χ0n) is 15.9. The van der Waals surface area contributed by atoms with Crippen molar-refractivity contribution >= 4 is 22.2 Å². The van der Waals surface area contributed by atoms with Crippen LogP contribution in [0.15, 0.2) is 24.3 Å². The number of nitrogens with zero attached hydrogens (tertiary/aromatic N) is 2. The summed E-state index contributed by atoms with van der Waals surface area (Å²) >= 11 is 1.56. The quantitative estimate of drug-likeness (QED) is 0.754. The highest BCUT2D eigenvalue weighted by Crippen LogP contribution is 2.38. The summed E-state index contributed by atoms with van der Waals surface area (Å²) in [6.07, 6.45) is 3.48. The van der Waals surface area contributed by atoms with E-state index in [4.69, 9.17) is 4.74 Å². The lowest BCUT2D eigenvalue weighted by molar-refractivity contribution is -0.116. The average Bonchev–Trinajstić information content (AvgIpc) is 3.22. The van der Waals surface area contributed by atoms with E-state index >= 15 is 0 Å². The molecule has 0 radical (unpaired) electrons. The molecule has 2 aromatic rings. The molecule has 1 aromatic heterocycles. The molecule has 1 N–H and O–H groups in total. The molecule has 0 atom stereocenters. The Labute approximate surface area is 164 Å². The number of para-hydroxylation sites is 1. The van der Waals surface area contributed by atoms with Crippen LogP contribution >= 0.6 is 11.3 Å². The number of benzene rings is 1. The van der Waals surface area contributed by atoms with E-state index in [0.29, 0.717) is 25.1 Å². The number of carbonyl (C=O) groups is 1. The van der Waals surface area contributed by atoms with E-state index in [2.05, 4.69) is 16.3 Å². The van der Waals surface area contributed by atoms with Crippen molar-refractivity contribution < 1.29 is 9.53 Å². The molecule has 0 saturated carbocycles. The van der Waals surface area contributed by atoms with Crippen LogP contribution in [0.3, 0.4) is 0 Å². The van der Waals surface area contributed by atoms with Gasteiger partial charge in [-0.25, -0.2) is 0 Å². The fraction of sp³-hybridized carbons (Fsp3) is 0.429. The first kappa shape index (κ1) is 19.4. The molecule has 1 aliphatic carbocycles. The molecule has 0 spiro atoms. The summed E-state index contributed by atoms with van der Waals surface area (Å²) < 4.78 is 5.80. The minimum atomic E-state index is -0.0434. The van der Waals surface area contributed by atoms with Crippen LogP contribution in [0.4, 0.5) is 5.00 Å². The summed E-state index contributed by atoms with van der Waals surface area (Å²) in [7, 11) is 1.98. The van der Waals surface area contributed by atoms with Crippen LogP contribution in [-0.2, 0) is 17.6 Å². The summed E-state index contributed by atoms with van der Waals surface area (Å²) in [6.45, 7) is 4.01. The Morgan fingerprint density at radius 2 is 2.15 bits per heavy atom. The highest BCUT2D eigenvalue weighted by Gasteiger charge is 2.23. The molecule has 27 heavy (non-hydrogen) atoms. The number of fused-ring (bicyclic) bond motifs is 1. The van der Waals surface area contributed by atoms with Gasteiger partial charge in [-0.05, 0) is 50.4 Å². The molecule has 5 nitrogen and oxygen atoms in total. The van der Waals surface area contributed by atoms with Crippen LogP contribution < -0.4 is 10.1 Å². The Bertz CT molecular complexity index is 854. The lowest BCUT2D eigenvalue weighted by Gasteiger charge is -2.17. The van der Waals surface area contributed by atoms with Gasteiger partial charge in [-0.1, -0.05) is 18.2 Å². The maximum absolute atomic E-state index is 12.3. The summed E-state index contributed by atoms with van der Waals surface area (Å²) in [5, 5.41) is 13.1. The molecular formula is C21H25N3O2S. The second-order valence-electron chi connectivity index (χ2n) is 6.89. The molecule has 6 heteroatoms. The predicted octanol–water partition coefficient (Wildman–Crippen LogP) is 3.76. The van der Waals surface area contributed by atoms with E-state index in [1.54, 1.807) is 11.3 Å². The molecule has 1 amide bonds. The van der Waals surface area contributed by atoms with Gasteiger partial charge in [0.2, 0.25) is 5.91 Å². The summed E-state index contributed by atoms with van der Waals surface area (Å²) in [5.74, 6) is 0.858. The van der Waals surface area contributed by atoms with Crippen LogP contribution in [0.25, 0.3) is 0 Å². The van der Waals surface area contributed by atoms with E-state index < -0.39 is 0 Å². The number of carbonyl (C=O) groups excluding carboxylic acids is 1. The fourth-order valence-corrected chi connectivity index (χ4v) is 4.49. The van der Waals surface area contributed by atoms with Gasteiger partial charge in [0, 0.05) is 24.4 Å². The summed E-state index contributed by atoms with van der Waals surface area (Å²) in [5.41, 5.74) is 2.93. The van der Waals surface area contributed by atoms with Crippen LogP contribution in [0.1, 0.15) is 34.4 Å². The van der Waals surface area contributed by atoms with Gasteiger partial charge in [-0.3, -0.25) is 4.79 Å². The van der Waals surface area contributed by atoms with Crippen molar-refractivity contribution in [1.82, 2.24) is 4.90 Å². The van der Waals surface area contributed by atoms with Crippen molar-refractivity contribution in [2.24, 2.45) is 0 Å². The van der Waals surface area contributed by atoms with Gasteiger partial charge in [0.15, 0.2) is 0 Å². The van der Waals surface area contributed by atoms with E-state index in [9.17, 15) is 10.1 Å². The van der Waals surface area contributed by atoms with E-state index in [1.165, 1.54) is 4.88 Å². The SMILES string of the molecule is Cc1ccccc1OCCN(C)CCC(=O)Nc1sc2c(c1C#N)CCC2. The molecule has 0 fully saturated rings. The van der Waals surface area contributed by atoms with Gasteiger partial charge >= 0.3 is 0 Å². The molecule has 0 bridgehead atoms. The Morgan fingerprint density at radius 1 is 1.33 bits per heavy atom. The number of nitriles is 1. The van der Waals surface area contributed by atoms with Crippen molar-refractivity contribution in [1.29, 1.82) is 5.26 Å². The van der Waals surface area contributed by atoms with Gasteiger partial charge in [0.25, 0.3) is 0 Å². The second kappa shape index (κ2) is 9.03. The minimum absolute atomic E-state index is 0.0434. The smallest absolute Gasteiger partial charge is 0.226 e. The number of anilines is 1. The maximum Gasteiger partial charge on any atom is 0.226 e. The lowest BCUT2D eigenvalue weighted by Crippen LogP contribution is -2.28. The van der Waals surface area contributed by atoms with Crippen molar-refractivity contribution in [3.8, 4) is 11.8 Å². The van der Waals surface area contributed by atoms with Crippen LogP contribution in [0.2, 0.25) is 0 Å². The van der Waals surface area contributed by atoms with Gasteiger partial charge in [-0.2, -0.15) is 5.26 Å². The highest BCUT2D eigenvalue weighted by atomic mass is 32.1. The normalized spacial score (nSPS) is 12.7. The number of rotatable bonds is 8. The third-order valence-corrected chi connectivity index (χ3v) is 6.04. The Kier molecular flexibility index (Phi) is 6.49. The molecule has 1 aliphatic rings. The maximum atomic E-state index is 12.3. The van der Waals surface area contributed by atoms with Gasteiger partial charge < -0.3 is 15.0 Å². The van der Waals surface area contributed by atoms with Gasteiger partial charge in [0.1, 0.15) is 23.4 Å². The first-order valence-corrected chi connectivity index (χ1v) is 10.1. The van der Waals surface area contributed by atoms with Gasteiger partial charge in [0.05, 0.1) is 5.56 Å². The monoisotopic (exact) mass is 383 g/mol. The molecule has 1 aromatic carbocycles. The van der Waals surface area contributed by atoms with Crippen molar-refractivity contribution in [3.05, 3.63) is 45.8 Å². The Balaban J connectivity index is 1.41. The molecular weight excluding hydrogens is 358 g/mol. The van der Waals surface area contributed by atoms with E-state index in [0.717, 1.165) is 47.7 Å². The average molecular weight is 384 g/mol. The molecule has 0 aliphatic heterocycles. The summed E-state index contributed by atoms with van der Waals surface area (Å²) in [4.78, 5) is 15.6. The first-order chi connectivity index (χ1) is 13.1. The van der Waals surface area contributed by atoms with Crippen molar-refractivity contribution in [2.75, 3.05) is 32.1 Å². The van der Waals surface area contributed by atoms with E-state index in [-0.39, 0.29) is 5.91 Å². The van der Waals surface area contributed by atoms with Crippen molar-refractivity contribution in [3.63, 3.8) is 0 Å². The number of likely N-dealkylation sites (N-methyl/N-ethyl adjacent to an activating group) is 1. The lowest BCUT2D eigenvalue weighted by atomic mass is 10.1. The number of nitrogens with one attached hydrogen (secondary N) is 1. The number of thiophene rings is 1. The van der Waals surface area contributed by atoms with Crippen molar-refractivity contribution in [2.45, 2.75) is 32.6 Å². The zero-order chi connectivity index (χ0) is 19.2. The number of ether oxygens (including phenoxy) is 1. The Hall–Kier alpha value is -2.36. The third kappa shape index (κ3) is 4.88. The fourth-order valence-electron chi connectivity index (χ4n) is 3.23. The second-order valence-corrected chi connectivity index (χ2v) is 7.99. The number of aryl methyl sites for hydroxylation is 2. The first-order valence-electron chi connectivity index (χ1n) is 9.30. The molecule has 0 unspecified atom stereocenters. The molecule has 142 valence electrons. The topological polar surface area (TPSA) is 65.4 Å². The van der Waals surface area contributed by atoms with E-state index in [1.807, 2.05) is 38.2 Å². The zero-order valence-corrected chi connectivity index (χ0v) is 16.7. The minimum Gasteiger partial charge on any atom is -0.492 e. The van der Waals surface area contributed by atoms with Gasteiger partial charge in [-0.15, -0.1) is 11.3 Å². The third-order valence-electron chi connectivity index (χ3n) is 4.83. The number of amides is 1. The largest absolute Gasteiger partial charge is 0.492 e. The molecule has 1 heterocycles. The standard InChI is InChI=1S/C21H25N3O2S/c1-15-6-3-4-8-18(15)26-13-12-24(2)11-10-20(25)23-21-17(14-22)16-7-5-9-19(16)27-21/h3-4,6,8H,5,7,9-13H2,1-2H3,(H,23,25). The molecule has 0 saturated heterocycles. The Morgan fingerprint density at radius 3 is 2.93 bits per heavy atom. The van der Waals surface area contributed by atoms with Crippen LogP contribution in [0, 0.1) is 18.3 Å². The summed E-state index contributed by atoms with van der Waals surface area (Å²) in [6, 6.07) is 10.2. The predicted molar refractivity (Wildman–Crippen MR) is 108 cm³/mol. The molecule has 3 rings (SSSR count). The number of hydrogen-bond acceptors (Lipinski definition) is 5. The highest BCUT2D eigenvalue weighted by molar-refractivity contribution is 7.16.